The minimum Gasteiger partial charge on any atom is -0.505 e. The van der Waals surface area contributed by atoms with Crippen molar-refractivity contribution in [3.05, 3.63) is 82.9 Å². The lowest BCUT2D eigenvalue weighted by atomic mass is 10.0. The van der Waals surface area contributed by atoms with Gasteiger partial charge in [0.1, 0.15) is 5.69 Å². The Hall–Kier alpha value is -3.38. The number of carbonyl (C=O) groups excluding carboxylic acids is 2. The van der Waals surface area contributed by atoms with Gasteiger partial charge in [0.05, 0.1) is 23.8 Å². The summed E-state index contributed by atoms with van der Waals surface area (Å²) in [7, 11) is 0. The standard InChI is InChI=1S/C21H16ClN3O3/c1-13(26)25-17-9-15(22)7-8-16(17)19(21(25)28)20(27)18-10-23-12-24(18)11-14-5-3-2-4-6-14/h2-10,12,27H,11H2,1H3/b20-19+. The van der Waals surface area contributed by atoms with Crippen molar-refractivity contribution < 1.29 is 14.7 Å². The molecule has 0 saturated heterocycles. The van der Waals surface area contributed by atoms with Crippen molar-refractivity contribution in [1.82, 2.24) is 9.55 Å². The number of hydrogen-bond acceptors (Lipinski definition) is 4. The molecule has 28 heavy (non-hydrogen) atoms. The van der Waals surface area contributed by atoms with E-state index in [0.717, 1.165) is 10.5 Å². The third-order valence-corrected chi connectivity index (χ3v) is 4.82. The predicted octanol–water partition coefficient (Wildman–Crippen LogP) is 3.90. The summed E-state index contributed by atoms with van der Waals surface area (Å²) in [5.74, 6) is -1.27. The first-order valence-corrected chi connectivity index (χ1v) is 8.97. The van der Waals surface area contributed by atoms with E-state index in [4.69, 9.17) is 11.6 Å². The van der Waals surface area contributed by atoms with Crippen molar-refractivity contribution in [2.45, 2.75) is 13.5 Å². The zero-order valence-corrected chi connectivity index (χ0v) is 15.7. The molecule has 0 aliphatic carbocycles. The summed E-state index contributed by atoms with van der Waals surface area (Å²) in [5, 5.41) is 11.4. The molecule has 6 nitrogen and oxygen atoms in total. The van der Waals surface area contributed by atoms with Crippen LogP contribution >= 0.6 is 11.6 Å². The Kier molecular flexibility index (Phi) is 4.49. The molecule has 2 amide bonds. The average Bonchev–Trinajstić information content (AvgIpc) is 3.23. The number of halogens is 1. The molecule has 3 aromatic rings. The Bertz CT molecular complexity index is 1120. The van der Waals surface area contributed by atoms with Crippen molar-refractivity contribution >= 4 is 40.4 Å². The summed E-state index contributed by atoms with van der Waals surface area (Å²) in [6, 6.07) is 14.5. The van der Waals surface area contributed by atoms with Gasteiger partial charge in [-0.15, -0.1) is 0 Å². The first kappa shape index (κ1) is 18.0. The van der Waals surface area contributed by atoms with Gasteiger partial charge in [0.25, 0.3) is 5.91 Å². The van der Waals surface area contributed by atoms with Gasteiger partial charge in [0.2, 0.25) is 5.91 Å². The minimum absolute atomic E-state index is 0.0525. The van der Waals surface area contributed by atoms with Crippen molar-refractivity contribution in [2.24, 2.45) is 0 Å². The molecule has 7 heteroatoms. The fourth-order valence-corrected chi connectivity index (χ4v) is 3.50. The number of anilines is 1. The van der Waals surface area contributed by atoms with Crippen molar-refractivity contribution in [1.29, 1.82) is 0 Å². The van der Waals surface area contributed by atoms with E-state index in [-0.39, 0.29) is 11.3 Å². The predicted molar refractivity (Wildman–Crippen MR) is 107 cm³/mol. The van der Waals surface area contributed by atoms with E-state index in [1.165, 1.54) is 19.2 Å². The molecule has 0 atom stereocenters. The summed E-state index contributed by atoms with van der Waals surface area (Å²) >= 11 is 6.04. The molecule has 2 heterocycles. The van der Waals surface area contributed by atoms with Gasteiger partial charge >= 0.3 is 0 Å². The fraction of sp³-hybridized carbons (Fsp3) is 0.0952. The molecule has 0 bridgehead atoms. The van der Waals surface area contributed by atoms with Gasteiger partial charge in [-0.1, -0.05) is 48.0 Å². The van der Waals surface area contributed by atoms with E-state index in [1.807, 2.05) is 30.3 Å². The number of carbonyl (C=O) groups is 2. The molecule has 2 aromatic carbocycles. The first-order chi connectivity index (χ1) is 13.5. The molecule has 0 saturated carbocycles. The molecular formula is C21H16ClN3O3. The fourth-order valence-electron chi connectivity index (χ4n) is 3.33. The van der Waals surface area contributed by atoms with Crippen LogP contribution in [-0.2, 0) is 16.1 Å². The molecule has 1 aliphatic rings. The van der Waals surface area contributed by atoms with Crippen LogP contribution in [0, 0.1) is 0 Å². The number of amides is 2. The van der Waals surface area contributed by atoms with Crippen LogP contribution in [0.4, 0.5) is 5.69 Å². The van der Waals surface area contributed by atoms with Crippen LogP contribution in [-0.4, -0.2) is 26.5 Å². The molecular weight excluding hydrogens is 378 g/mol. The van der Waals surface area contributed by atoms with Crippen LogP contribution in [0.2, 0.25) is 5.02 Å². The summed E-state index contributed by atoms with van der Waals surface area (Å²) in [6.07, 6.45) is 3.08. The van der Waals surface area contributed by atoms with Crippen molar-refractivity contribution in [3.63, 3.8) is 0 Å². The van der Waals surface area contributed by atoms with E-state index >= 15 is 0 Å². The number of fused-ring (bicyclic) bond motifs is 1. The zero-order valence-electron chi connectivity index (χ0n) is 15.0. The van der Waals surface area contributed by atoms with Crippen LogP contribution in [0.1, 0.15) is 23.7 Å². The third-order valence-electron chi connectivity index (χ3n) is 4.59. The molecule has 0 radical (unpaired) electrons. The number of imide groups is 1. The largest absolute Gasteiger partial charge is 0.505 e. The monoisotopic (exact) mass is 393 g/mol. The summed E-state index contributed by atoms with van der Waals surface area (Å²) in [4.78, 5) is 30.1. The maximum absolute atomic E-state index is 12.9. The Labute approximate surface area is 166 Å². The number of aromatic nitrogens is 2. The quantitative estimate of drug-likeness (QED) is 0.540. The second kappa shape index (κ2) is 6.98. The van der Waals surface area contributed by atoms with Crippen molar-refractivity contribution in [2.75, 3.05) is 4.90 Å². The molecule has 1 N–H and O–H groups in total. The second-order valence-electron chi connectivity index (χ2n) is 6.44. The molecule has 0 fully saturated rings. The number of nitrogens with zero attached hydrogens (tertiary/aromatic N) is 3. The lowest BCUT2D eigenvalue weighted by molar-refractivity contribution is -0.122. The van der Waals surface area contributed by atoms with Crippen LogP contribution in [0.25, 0.3) is 11.3 Å². The normalized spacial score (nSPS) is 14.9. The van der Waals surface area contributed by atoms with Gasteiger partial charge in [-0.25, -0.2) is 9.88 Å². The van der Waals surface area contributed by atoms with Gasteiger partial charge in [-0.2, -0.15) is 0 Å². The molecule has 140 valence electrons. The van der Waals surface area contributed by atoms with Gasteiger partial charge in [-0.05, 0) is 17.7 Å². The molecule has 1 aromatic heterocycles. The summed E-state index contributed by atoms with van der Waals surface area (Å²) < 4.78 is 1.75. The molecule has 1 aliphatic heterocycles. The van der Waals surface area contributed by atoms with E-state index in [2.05, 4.69) is 4.98 Å². The number of rotatable bonds is 3. The van der Waals surface area contributed by atoms with E-state index in [9.17, 15) is 14.7 Å². The molecule has 0 unspecified atom stereocenters. The zero-order chi connectivity index (χ0) is 19.8. The lowest BCUT2D eigenvalue weighted by Crippen LogP contribution is -2.31. The smallest absolute Gasteiger partial charge is 0.269 e. The Morgan fingerprint density at radius 3 is 2.64 bits per heavy atom. The van der Waals surface area contributed by atoms with Gasteiger partial charge in [0.15, 0.2) is 5.76 Å². The highest BCUT2D eigenvalue weighted by molar-refractivity contribution is 6.43. The highest BCUT2D eigenvalue weighted by Crippen LogP contribution is 2.41. The van der Waals surface area contributed by atoms with Gasteiger partial charge < -0.3 is 9.67 Å². The maximum Gasteiger partial charge on any atom is 0.269 e. The first-order valence-electron chi connectivity index (χ1n) is 8.60. The molecule has 4 rings (SSSR count). The number of aliphatic hydroxyl groups excluding tert-OH is 1. The Morgan fingerprint density at radius 2 is 1.93 bits per heavy atom. The van der Waals surface area contributed by atoms with E-state index in [1.54, 1.807) is 23.0 Å². The topological polar surface area (TPSA) is 75.4 Å². The summed E-state index contributed by atoms with van der Waals surface area (Å²) in [6.45, 7) is 1.77. The second-order valence-corrected chi connectivity index (χ2v) is 6.87. The maximum atomic E-state index is 12.9. The van der Waals surface area contributed by atoms with E-state index in [0.29, 0.717) is 28.5 Å². The highest BCUT2D eigenvalue weighted by atomic mass is 35.5. The number of aliphatic hydroxyl groups is 1. The van der Waals surface area contributed by atoms with Gasteiger partial charge in [-0.3, -0.25) is 9.59 Å². The summed E-state index contributed by atoms with van der Waals surface area (Å²) in [5.41, 5.74) is 2.28. The number of hydrogen-bond donors (Lipinski definition) is 1. The third kappa shape index (κ3) is 2.97. The minimum atomic E-state index is -0.588. The average molecular weight is 394 g/mol. The number of imidazole rings is 1. The van der Waals surface area contributed by atoms with Crippen molar-refractivity contribution in [3.8, 4) is 0 Å². The lowest BCUT2D eigenvalue weighted by Gasteiger charge is -2.12. The van der Waals surface area contributed by atoms with E-state index < -0.39 is 11.8 Å². The van der Waals surface area contributed by atoms with Crippen LogP contribution in [0.15, 0.2) is 61.1 Å². The Morgan fingerprint density at radius 1 is 1.18 bits per heavy atom. The van der Waals surface area contributed by atoms with Crippen LogP contribution in [0.5, 0.6) is 0 Å². The van der Waals surface area contributed by atoms with Gasteiger partial charge in [0, 0.05) is 24.1 Å². The Balaban J connectivity index is 1.83. The highest BCUT2D eigenvalue weighted by Gasteiger charge is 2.38. The molecule has 0 spiro atoms. The van der Waals surface area contributed by atoms with Crippen LogP contribution in [0.3, 0.4) is 0 Å². The number of benzene rings is 2. The SMILES string of the molecule is CC(=O)N1C(=O)/C(=C(/O)c2cncn2Cc2ccccc2)c2ccc(Cl)cc21. The van der Waals surface area contributed by atoms with Crippen LogP contribution < -0.4 is 4.90 Å².